The number of sulfonamides is 1. The van der Waals surface area contributed by atoms with E-state index < -0.39 is 10.0 Å². The van der Waals surface area contributed by atoms with Gasteiger partial charge in [0.2, 0.25) is 16.8 Å². The van der Waals surface area contributed by atoms with E-state index in [1.54, 1.807) is 38.1 Å². The van der Waals surface area contributed by atoms with Crippen LogP contribution in [0.3, 0.4) is 0 Å². The maximum absolute atomic E-state index is 13.1. The Labute approximate surface area is 197 Å². The summed E-state index contributed by atoms with van der Waals surface area (Å²) in [6.45, 7) is 5.65. The Morgan fingerprint density at radius 3 is 2.44 bits per heavy atom. The second kappa shape index (κ2) is 8.54. The zero-order valence-electron chi connectivity index (χ0n) is 18.9. The van der Waals surface area contributed by atoms with E-state index >= 15 is 0 Å². The summed E-state index contributed by atoms with van der Waals surface area (Å²) in [7, 11) is -3.83. The van der Waals surface area contributed by atoms with Crippen LogP contribution in [0, 0.1) is 20.8 Å². The van der Waals surface area contributed by atoms with Crippen LogP contribution in [0.1, 0.15) is 22.5 Å². The van der Waals surface area contributed by atoms with Gasteiger partial charge in [-0.15, -0.1) is 10.2 Å². The van der Waals surface area contributed by atoms with Crippen LogP contribution in [-0.4, -0.2) is 35.2 Å². The van der Waals surface area contributed by atoms with Crippen molar-refractivity contribution in [2.75, 3.05) is 6.79 Å². The van der Waals surface area contributed by atoms with E-state index in [2.05, 4.69) is 20.0 Å². The van der Waals surface area contributed by atoms with Gasteiger partial charge in [-0.05, 0) is 50.6 Å². The van der Waals surface area contributed by atoms with Crippen molar-refractivity contribution in [3.63, 3.8) is 0 Å². The molecule has 0 amide bonds. The molecule has 0 aliphatic carbocycles. The fourth-order valence-electron chi connectivity index (χ4n) is 3.86. The third-order valence-corrected chi connectivity index (χ3v) is 7.26. The lowest BCUT2D eigenvalue weighted by Crippen LogP contribution is -2.24. The molecule has 1 aliphatic heterocycles. The van der Waals surface area contributed by atoms with Crippen molar-refractivity contribution in [1.82, 2.24) is 24.7 Å². The number of rotatable bonds is 6. The first-order valence-electron chi connectivity index (χ1n) is 10.7. The highest BCUT2D eigenvalue weighted by Gasteiger charge is 2.26. The maximum Gasteiger partial charge on any atom is 0.244 e. The van der Waals surface area contributed by atoms with Crippen molar-refractivity contribution < 1.29 is 17.9 Å². The summed E-state index contributed by atoms with van der Waals surface area (Å²) in [5, 5.41) is 13.0. The van der Waals surface area contributed by atoms with E-state index in [0.29, 0.717) is 28.7 Å². The third-order valence-electron chi connectivity index (χ3n) is 5.61. The van der Waals surface area contributed by atoms with Crippen molar-refractivity contribution in [1.29, 1.82) is 0 Å². The van der Waals surface area contributed by atoms with Gasteiger partial charge in [0.15, 0.2) is 17.3 Å². The van der Waals surface area contributed by atoms with Gasteiger partial charge in [-0.25, -0.2) is 17.8 Å². The first-order valence-corrected chi connectivity index (χ1v) is 12.2. The minimum Gasteiger partial charge on any atom is -0.454 e. The van der Waals surface area contributed by atoms with E-state index in [1.807, 2.05) is 37.3 Å². The van der Waals surface area contributed by atoms with Gasteiger partial charge in [0, 0.05) is 12.1 Å². The molecule has 0 saturated carbocycles. The highest BCUT2D eigenvalue weighted by molar-refractivity contribution is 7.89. The van der Waals surface area contributed by atoms with Gasteiger partial charge in [0.1, 0.15) is 4.90 Å². The minimum absolute atomic E-state index is 0.105. The molecule has 34 heavy (non-hydrogen) atoms. The fourth-order valence-corrected chi connectivity index (χ4v) is 5.26. The number of benzene rings is 2. The summed E-state index contributed by atoms with van der Waals surface area (Å²) >= 11 is 0. The zero-order valence-corrected chi connectivity index (χ0v) is 19.8. The van der Waals surface area contributed by atoms with Crippen LogP contribution in [0.4, 0.5) is 0 Å². The van der Waals surface area contributed by atoms with Gasteiger partial charge < -0.3 is 9.47 Å². The van der Waals surface area contributed by atoms with Crippen LogP contribution >= 0.6 is 0 Å². The predicted octanol–water partition coefficient (Wildman–Crippen LogP) is 3.46. The topological polar surface area (TPSA) is 108 Å². The molecule has 2 aromatic carbocycles. The lowest BCUT2D eigenvalue weighted by Gasteiger charge is -2.09. The Morgan fingerprint density at radius 1 is 0.941 bits per heavy atom. The van der Waals surface area contributed by atoms with Gasteiger partial charge >= 0.3 is 0 Å². The van der Waals surface area contributed by atoms with Crippen LogP contribution in [0.25, 0.3) is 17.1 Å². The molecule has 174 valence electrons. The lowest BCUT2D eigenvalue weighted by molar-refractivity contribution is 0.174. The molecule has 1 aliphatic rings. The van der Waals surface area contributed by atoms with Gasteiger partial charge in [-0.1, -0.05) is 35.9 Å². The Morgan fingerprint density at radius 2 is 1.71 bits per heavy atom. The van der Waals surface area contributed by atoms with Crippen molar-refractivity contribution in [3.05, 3.63) is 77.1 Å². The van der Waals surface area contributed by atoms with Crippen LogP contribution in [0.2, 0.25) is 0 Å². The minimum atomic E-state index is -3.83. The highest BCUT2D eigenvalue weighted by atomic mass is 32.2. The zero-order chi connectivity index (χ0) is 23.9. The monoisotopic (exact) mass is 477 g/mol. The third kappa shape index (κ3) is 4.13. The Kier molecular flexibility index (Phi) is 5.54. The molecule has 5 rings (SSSR count). The molecule has 0 atom stereocenters. The first kappa shape index (κ1) is 22.1. The average Bonchev–Trinajstić information content (AvgIpc) is 3.42. The second-order valence-corrected chi connectivity index (χ2v) is 9.77. The molecule has 0 bridgehead atoms. The van der Waals surface area contributed by atoms with E-state index in [-0.39, 0.29) is 18.2 Å². The molecule has 3 heterocycles. The number of nitrogens with one attached hydrogen (secondary N) is 1. The molecule has 4 aromatic rings. The van der Waals surface area contributed by atoms with Crippen molar-refractivity contribution in [2.24, 2.45) is 0 Å². The van der Waals surface area contributed by atoms with Crippen LogP contribution < -0.4 is 14.2 Å². The van der Waals surface area contributed by atoms with Crippen LogP contribution in [0.15, 0.2) is 59.5 Å². The predicted molar refractivity (Wildman–Crippen MR) is 125 cm³/mol. The molecule has 2 aromatic heterocycles. The van der Waals surface area contributed by atoms with Crippen molar-refractivity contribution in [2.45, 2.75) is 32.2 Å². The smallest absolute Gasteiger partial charge is 0.244 e. The van der Waals surface area contributed by atoms with Gasteiger partial charge in [0.25, 0.3) is 0 Å². The fraction of sp³-hybridized carbons (Fsp3) is 0.208. The molecule has 10 heteroatoms. The number of hydrogen-bond acceptors (Lipinski definition) is 7. The number of fused-ring (bicyclic) bond motifs is 1. The SMILES string of the molecule is Cc1ccc(-c2ccc(-n3nc(C)c(S(=O)(=O)NCc4ccc5c(c4)OCO5)c3C)nn2)cc1. The molecule has 1 N–H and O–H groups in total. The molecule has 0 fully saturated rings. The number of nitrogens with zero attached hydrogens (tertiary/aromatic N) is 4. The molecule has 0 unspecified atom stereocenters. The molecule has 0 saturated heterocycles. The van der Waals surface area contributed by atoms with E-state index in [4.69, 9.17) is 9.47 Å². The first-order chi connectivity index (χ1) is 16.3. The van der Waals surface area contributed by atoms with Crippen LogP contribution in [-0.2, 0) is 16.6 Å². The van der Waals surface area contributed by atoms with Crippen LogP contribution in [0.5, 0.6) is 11.5 Å². The summed E-state index contributed by atoms with van der Waals surface area (Å²) in [4.78, 5) is 0.123. The summed E-state index contributed by atoms with van der Waals surface area (Å²) in [5.74, 6) is 1.69. The lowest BCUT2D eigenvalue weighted by atomic mass is 10.1. The standard InChI is InChI=1S/C24H23N5O4S/c1-15-4-7-19(8-5-15)20-9-11-23(27-26-20)29-17(3)24(16(2)28-29)34(30,31)25-13-18-6-10-21-22(12-18)33-14-32-21/h4-12,25H,13-14H2,1-3H3. The second-order valence-electron chi connectivity index (χ2n) is 8.07. The van der Waals surface area contributed by atoms with Gasteiger partial charge in [-0.3, -0.25) is 0 Å². The van der Waals surface area contributed by atoms with Crippen molar-refractivity contribution in [3.8, 4) is 28.6 Å². The number of ether oxygens (including phenoxy) is 2. The Bertz CT molecular complexity index is 1460. The molecule has 0 spiro atoms. The van der Waals surface area contributed by atoms with Crippen molar-refractivity contribution >= 4 is 10.0 Å². The number of hydrogen-bond donors (Lipinski definition) is 1. The molecule has 0 radical (unpaired) electrons. The van der Waals surface area contributed by atoms with E-state index in [9.17, 15) is 8.42 Å². The molecule has 9 nitrogen and oxygen atoms in total. The number of aromatic nitrogens is 4. The maximum atomic E-state index is 13.1. The quantitative estimate of drug-likeness (QED) is 0.453. The summed E-state index contributed by atoms with van der Waals surface area (Å²) in [6, 6.07) is 16.9. The van der Waals surface area contributed by atoms with Gasteiger partial charge in [0.05, 0.1) is 17.1 Å². The van der Waals surface area contributed by atoms with E-state index in [1.165, 1.54) is 4.68 Å². The molecular formula is C24H23N5O4S. The largest absolute Gasteiger partial charge is 0.454 e. The normalized spacial score (nSPS) is 12.8. The molecular weight excluding hydrogens is 454 g/mol. The highest BCUT2D eigenvalue weighted by Crippen LogP contribution is 2.32. The summed E-state index contributed by atoms with van der Waals surface area (Å²) < 4.78 is 41.1. The Balaban J connectivity index is 1.38. The van der Waals surface area contributed by atoms with E-state index in [0.717, 1.165) is 22.4 Å². The number of aryl methyl sites for hydroxylation is 2. The average molecular weight is 478 g/mol. The Hall–Kier alpha value is -3.76. The summed E-state index contributed by atoms with van der Waals surface area (Å²) in [5.41, 5.74) is 4.43. The summed E-state index contributed by atoms with van der Waals surface area (Å²) in [6.07, 6.45) is 0. The van der Waals surface area contributed by atoms with Gasteiger partial charge in [-0.2, -0.15) is 5.10 Å².